The van der Waals surface area contributed by atoms with Crippen LogP contribution in [0.4, 0.5) is 15.9 Å². The first kappa shape index (κ1) is 19.7. The molecule has 1 aromatic carbocycles. The zero-order valence-corrected chi connectivity index (χ0v) is 17.5. The molecule has 31 heavy (non-hydrogen) atoms. The minimum absolute atomic E-state index is 0.123. The number of hydrogen-bond acceptors (Lipinski definition) is 9. The Kier molecular flexibility index (Phi) is 4.95. The van der Waals surface area contributed by atoms with E-state index in [0.717, 1.165) is 5.76 Å². The second kappa shape index (κ2) is 7.78. The topological polar surface area (TPSA) is 91.8 Å². The van der Waals surface area contributed by atoms with Crippen molar-refractivity contribution in [3.8, 4) is 5.75 Å². The molecule has 3 aromatic rings. The maximum atomic E-state index is 14.0. The number of methoxy groups -OCH3 is 1. The predicted octanol–water partition coefficient (Wildman–Crippen LogP) is 4.08. The SMILES string of the molecule is COC(=O)c1sc2ncnc(Nc3ccc(F)cc3OC3C=C4OCOC4C3)c2c1C. The van der Waals surface area contributed by atoms with Crippen molar-refractivity contribution in [1.82, 2.24) is 9.97 Å². The second-order valence-electron chi connectivity index (χ2n) is 7.09. The molecule has 3 heterocycles. The molecule has 0 spiro atoms. The van der Waals surface area contributed by atoms with Crippen LogP contribution >= 0.6 is 11.3 Å². The Balaban J connectivity index is 1.48. The number of halogens is 1. The van der Waals surface area contributed by atoms with E-state index in [1.165, 1.54) is 36.9 Å². The van der Waals surface area contributed by atoms with Crippen LogP contribution in [0.15, 0.2) is 36.4 Å². The van der Waals surface area contributed by atoms with Crippen molar-refractivity contribution in [2.45, 2.75) is 25.6 Å². The van der Waals surface area contributed by atoms with Crippen LogP contribution < -0.4 is 10.1 Å². The molecule has 0 radical (unpaired) electrons. The number of aromatic nitrogens is 2. The minimum atomic E-state index is -0.429. The van der Waals surface area contributed by atoms with Gasteiger partial charge in [0.05, 0.1) is 18.2 Å². The maximum absolute atomic E-state index is 14.0. The molecule has 5 rings (SSSR count). The number of nitrogens with zero attached hydrogens (tertiary/aromatic N) is 2. The van der Waals surface area contributed by atoms with Gasteiger partial charge in [0.1, 0.15) is 51.4 Å². The molecule has 1 aliphatic heterocycles. The molecule has 1 N–H and O–H groups in total. The van der Waals surface area contributed by atoms with Crippen LogP contribution in [-0.2, 0) is 14.2 Å². The zero-order chi connectivity index (χ0) is 21.5. The Morgan fingerprint density at radius 2 is 2.23 bits per heavy atom. The molecule has 0 bridgehead atoms. The molecule has 160 valence electrons. The molecule has 10 heteroatoms. The summed E-state index contributed by atoms with van der Waals surface area (Å²) in [6, 6.07) is 4.23. The monoisotopic (exact) mass is 443 g/mol. The number of carbonyl (C=O) groups excluding carboxylic acids is 1. The molecule has 1 fully saturated rings. The van der Waals surface area contributed by atoms with Gasteiger partial charge in [0.25, 0.3) is 0 Å². The fraction of sp³-hybridized carbons (Fsp3) is 0.286. The molecular formula is C21H18FN3O5S. The highest BCUT2D eigenvalue weighted by Crippen LogP contribution is 2.38. The molecule has 8 nitrogen and oxygen atoms in total. The summed E-state index contributed by atoms with van der Waals surface area (Å²) < 4.78 is 35.8. The number of esters is 1. The lowest BCUT2D eigenvalue weighted by molar-refractivity contribution is 0.0348. The highest BCUT2D eigenvalue weighted by atomic mass is 32.1. The Morgan fingerprint density at radius 3 is 3.03 bits per heavy atom. The van der Waals surface area contributed by atoms with Gasteiger partial charge < -0.3 is 24.3 Å². The van der Waals surface area contributed by atoms with E-state index in [9.17, 15) is 9.18 Å². The van der Waals surface area contributed by atoms with Gasteiger partial charge in [0.15, 0.2) is 6.79 Å². The van der Waals surface area contributed by atoms with Crippen LogP contribution in [0, 0.1) is 12.7 Å². The van der Waals surface area contributed by atoms with Gasteiger partial charge >= 0.3 is 5.97 Å². The van der Waals surface area contributed by atoms with Crippen LogP contribution in [0.1, 0.15) is 21.7 Å². The average Bonchev–Trinajstić information content (AvgIpc) is 3.43. The second-order valence-corrected chi connectivity index (χ2v) is 8.09. The summed E-state index contributed by atoms with van der Waals surface area (Å²) in [5.74, 6) is 0.707. The number of hydrogen-bond donors (Lipinski definition) is 1. The molecule has 1 saturated heterocycles. The van der Waals surface area contributed by atoms with E-state index in [4.69, 9.17) is 18.9 Å². The Hall–Kier alpha value is -3.24. The van der Waals surface area contributed by atoms with Crippen molar-refractivity contribution in [3.05, 3.63) is 52.6 Å². The van der Waals surface area contributed by atoms with Crippen molar-refractivity contribution < 1.29 is 28.1 Å². The smallest absolute Gasteiger partial charge is 0.348 e. The van der Waals surface area contributed by atoms with Gasteiger partial charge in [-0.2, -0.15) is 0 Å². The third kappa shape index (κ3) is 3.57. The summed E-state index contributed by atoms with van der Waals surface area (Å²) in [4.78, 5) is 21.8. The lowest BCUT2D eigenvalue weighted by Crippen LogP contribution is -2.16. The summed E-state index contributed by atoms with van der Waals surface area (Å²) >= 11 is 1.23. The van der Waals surface area contributed by atoms with E-state index in [-0.39, 0.29) is 19.0 Å². The van der Waals surface area contributed by atoms with Crippen molar-refractivity contribution in [1.29, 1.82) is 0 Å². The highest BCUT2D eigenvalue weighted by molar-refractivity contribution is 7.20. The molecule has 2 aliphatic rings. The summed E-state index contributed by atoms with van der Waals surface area (Å²) in [6.07, 6.45) is 3.42. The van der Waals surface area contributed by atoms with E-state index < -0.39 is 11.8 Å². The predicted molar refractivity (Wildman–Crippen MR) is 111 cm³/mol. The molecular weight excluding hydrogens is 425 g/mol. The normalized spacial score (nSPS) is 19.6. The van der Waals surface area contributed by atoms with Crippen molar-refractivity contribution in [2.24, 2.45) is 0 Å². The van der Waals surface area contributed by atoms with Gasteiger partial charge in [0, 0.05) is 12.5 Å². The molecule has 2 atom stereocenters. The third-order valence-corrected chi connectivity index (χ3v) is 6.36. The van der Waals surface area contributed by atoms with Crippen molar-refractivity contribution in [3.63, 3.8) is 0 Å². The van der Waals surface area contributed by atoms with Crippen molar-refractivity contribution in [2.75, 3.05) is 19.2 Å². The van der Waals surface area contributed by atoms with Crippen LogP contribution in [0.25, 0.3) is 10.2 Å². The van der Waals surface area contributed by atoms with Crippen LogP contribution in [0.2, 0.25) is 0 Å². The van der Waals surface area contributed by atoms with Gasteiger partial charge in [-0.1, -0.05) is 0 Å². The van der Waals surface area contributed by atoms with Crippen molar-refractivity contribution >= 4 is 39.0 Å². The van der Waals surface area contributed by atoms with Gasteiger partial charge in [0.2, 0.25) is 0 Å². The number of fused-ring (bicyclic) bond motifs is 2. The quantitative estimate of drug-likeness (QED) is 0.590. The van der Waals surface area contributed by atoms with Gasteiger partial charge in [-0.15, -0.1) is 11.3 Å². The number of aryl methyl sites for hydroxylation is 1. The largest absolute Gasteiger partial charge is 0.484 e. The minimum Gasteiger partial charge on any atom is -0.484 e. The number of anilines is 2. The molecule has 2 aromatic heterocycles. The summed E-state index contributed by atoms with van der Waals surface area (Å²) in [5, 5.41) is 3.90. The average molecular weight is 443 g/mol. The maximum Gasteiger partial charge on any atom is 0.348 e. The Morgan fingerprint density at radius 1 is 1.35 bits per heavy atom. The summed E-state index contributed by atoms with van der Waals surface area (Å²) in [5.41, 5.74) is 1.24. The van der Waals surface area contributed by atoms with Gasteiger partial charge in [-0.25, -0.2) is 19.2 Å². The van der Waals surface area contributed by atoms with E-state index in [0.29, 0.717) is 44.3 Å². The summed E-state index contributed by atoms with van der Waals surface area (Å²) in [6.45, 7) is 2.05. The molecule has 2 unspecified atom stereocenters. The van der Waals surface area contributed by atoms with E-state index >= 15 is 0 Å². The number of carbonyl (C=O) groups is 1. The fourth-order valence-corrected chi connectivity index (χ4v) is 4.75. The molecule has 0 amide bonds. The van der Waals surface area contributed by atoms with Gasteiger partial charge in [-0.05, 0) is 30.7 Å². The lowest BCUT2D eigenvalue weighted by atomic mass is 10.2. The molecule has 0 saturated carbocycles. The molecule has 1 aliphatic carbocycles. The number of benzene rings is 1. The van der Waals surface area contributed by atoms with E-state index in [2.05, 4.69) is 15.3 Å². The van der Waals surface area contributed by atoms with Crippen LogP contribution in [0.5, 0.6) is 5.75 Å². The zero-order valence-electron chi connectivity index (χ0n) is 16.7. The number of nitrogens with one attached hydrogen (secondary N) is 1. The Bertz CT molecular complexity index is 1210. The Labute approximate surface area is 180 Å². The third-order valence-electron chi connectivity index (χ3n) is 5.18. The van der Waals surface area contributed by atoms with E-state index in [1.807, 2.05) is 13.0 Å². The van der Waals surface area contributed by atoms with Gasteiger partial charge in [-0.3, -0.25) is 0 Å². The van der Waals surface area contributed by atoms with E-state index in [1.54, 1.807) is 6.07 Å². The number of thiophene rings is 1. The van der Waals surface area contributed by atoms with Crippen LogP contribution in [0.3, 0.4) is 0 Å². The highest BCUT2D eigenvalue weighted by Gasteiger charge is 2.34. The first-order valence-electron chi connectivity index (χ1n) is 9.55. The fourth-order valence-electron chi connectivity index (χ4n) is 3.68. The first-order valence-corrected chi connectivity index (χ1v) is 10.4. The van der Waals surface area contributed by atoms with Crippen LogP contribution in [-0.4, -0.2) is 42.0 Å². The lowest BCUT2D eigenvalue weighted by Gasteiger charge is -2.17. The number of ether oxygens (including phenoxy) is 4. The number of rotatable bonds is 5. The standard InChI is InChI=1S/C21H18FN3O5S/c1-10-17-19(23-8-24-20(17)31-18(10)21(26)27-2)25-13-4-3-11(22)5-14(13)30-12-6-15-16(7-12)29-9-28-15/h3-6,8,12,16H,7,9H2,1-2H3,(H,23,24,25). The first-order chi connectivity index (χ1) is 15.0. The summed E-state index contributed by atoms with van der Waals surface area (Å²) in [7, 11) is 1.34.